The minimum atomic E-state index is 0.297. The zero-order valence-corrected chi connectivity index (χ0v) is 13.3. The van der Waals surface area contributed by atoms with Crippen molar-refractivity contribution in [2.24, 2.45) is 5.92 Å². The topological polar surface area (TPSA) is 83.2 Å². The molecule has 0 bridgehead atoms. The molecule has 118 valence electrons. The fraction of sp³-hybridized carbons (Fsp3) is 0.786. The van der Waals surface area contributed by atoms with Crippen LogP contribution in [-0.4, -0.2) is 60.1 Å². The summed E-state index contributed by atoms with van der Waals surface area (Å²) in [5.74, 6) is 2.48. The maximum Gasteiger partial charge on any atom is 0.229 e. The van der Waals surface area contributed by atoms with Gasteiger partial charge in [0.1, 0.15) is 5.82 Å². The molecule has 2 heterocycles. The highest BCUT2D eigenvalue weighted by Crippen LogP contribution is 2.18. The van der Waals surface area contributed by atoms with E-state index >= 15 is 0 Å². The molecule has 1 aliphatic heterocycles. The van der Waals surface area contributed by atoms with Crippen LogP contribution in [0.15, 0.2) is 0 Å². The molecule has 1 aliphatic rings. The molecule has 1 aromatic rings. The van der Waals surface area contributed by atoms with E-state index in [0.29, 0.717) is 11.9 Å². The van der Waals surface area contributed by atoms with Gasteiger partial charge < -0.3 is 16.0 Å². The number of nitrogen functional groups attached to an aromatic ring is 1. The number of hydrogen-bond donors (Lipinski definition) is 2. The number of anilines is 2. The lowest BCUT2D eigenvalue weighted by Crippen LogP contribution is -2.37. The van der Waals surface area contributed by atoms with E-state index < -0.39 is 0 Å². The van der Waals surface area contributed by atoms with Crippen LogP contribution >= 0.6 is 0 Å². The second kappa shape index (κ2) is 7.51. The Morgan fingerprint density at radius 1 is 1.24 bits per heavy atom. The molecule has 0 aliphatic carbocycles. The summed E-state index contributed by atoms with van der Waals surface area (Å²) in [7, 11) is 3.82. The summed E-state index contributed by atoms with van der Waals surface area (Å²) in [6.07, 6.45) is 2.46. The van der Waals surface area contributed by atoms with Gasteiger partial charge in [-0.25, -0.2) is 0 Å². The molecule has 2 rings (SSSR count). The molecule has 7 nitrogen and oxygen atoms in total. The molecule has 0 unspecified atom stereocenters. The van der Waals surface area contributed by atoms with Crippen LogP contribution in [0.1, 0.15) is 25.6 Å². The fourth-order valence-electron chi connectivity index (χ4n) is 2.59. The largest absolute Gasteiger partial charge is 0.368 e. The molecule has 0 radical (unpaired) electrons. The maximum atomic E-state index is 5.76. The number of rotatable bonds is 6. The van der Waals surface area contributed by atoms with E-state index in [9.17, 15) is 0 Å². The number of piperidine rings is 1. The molecule has 0 amide bonds. The van der Waals surface area contributed by atoms with Gasteiger partial charge in [0.2, 0.25) is 11.9 Å². The van der Waals surface area contributed by atoms with Gasteiger partial charge in [-0.1, -0.05) is 6.92 Å². The molecule has 1 fully saturated rings. The van der Waals surface area contributed by atoms with E-state index in [1.807, 2.05) is 19.0 Å². The molecule has 3 N–H and O–H groups in total. The van der Waals surface area contributed by atoms with Crippen LogP contribution < -0.4 is 16.0 Å². The van der Waals surface area contributed by atoms with Crippen molar-refractivity contribution >= 4 is 11.9 Å². The first kappa shape index (κ1) is 15.9. The van der Waals surface area contributed by atoms with Crippen LogP contribution in [0.5, 0.6) is 0 Å². The Bertz CT molecular complexity index is 441. The lowest BCUT2D eigenvalue weighted by molar-refractivity contribution is 0.172. The van der Waals surface area contributed by atoms with E-state index in [4.69, 9.17) is 5.73 Å². The molecule has 1 saturated heterocycles. The van der Waals surface area contributed by atoms with Gasteiger partial charge in [0, 0.05) is 14.1 Å². The fourth-order valence-corrected chi connectivity index (χ4v) is 2.59. The van der Waals surface area contributed by atoms with Crippen molar-refractivity contribution in [3.63, 3.8) is 0 Å². The molecule has 7 heteroatoms. The summed E-state index contributed by atoms with van der Waals surface area (Å²) in [6, 6.07) is 0. The quantitative estimate of drug-likeness (QED) is 0.782. The first-order valence-corrected chi connectivity index (χ1v) is 7.69. The summed E-state index contributed by atoms with van der Waals surface area (Å²) in [6.45, 7) is 7.29. The normalized spacial score (nSPS) is 17.1. The Morgan fingerprint density at radius 2 is 1.95 bits per heavy atom. The lowest BCUT2D eigenvalue weighted by Gasteiger charge is -2.31. The highest BCUT2D eigenvalue weighted by atomic mass is 15.3. The van der Waals surface area contributed by atoms with Gasteiger partial charge in [0.15, 0.2) is 0 Å². The van der Waals surface area contributed by atoms with Crippen molar-refractivity contribution < 1.29 is 0 Å². The minimum Gasteiger partial charge on any atom is -0.368 e. The van der Waals surface area contributed by atoms with Crippen molar-refractivity contribution in [3.8, 4) is 0 Å². The first-order valence-electron chi connectivity index (χ1n) is 7.69. The third kappa shape index (κ3) is 4.78. The van der Waals surface area contributed by atoms with Gasteiger partial charge in [0.05, 0.1) is 6.54 Å². The van der Waals surface area contributed by atoms with Crippen LogP contribution in [0.3, 0.4) is 0 Å². The van der Waals surface area contributed by atoms with Crippen molar-refractivity contribution in [2.75, 3.05) is 50.9 Å². The van der Waals surface area contributed by atoms with Crippen LogP contribution in [0.2, 0.25) is 0 Å². The van der Waals surface area contributed by atoms with Gasteiger partial charge in [0.25, 0.3) is 0 Å². The zero-order chi connectivity index (χ0) is 15.2. The highest BCUT2D eigenvalue weighted by Gasteiger charge is 2.20. The summed E-state index contributed by atoms with van der Waals surface area (Å²) >= 11 is 0. The van der Waals surface area contributed by atoms with Crippen LogP contribution in [0, 0.1) is 5.92 Å². The summed E-state index contributed by atoms with van der Waals surface area (Å²) in [4.78, 5) is 17.1. The van der Waals surface area contributed by atoms with E-state index in [-0.39, 0.29) is 0 Å². The van der Waals surface area contributed by atoms with Crippen LogP contribution in [-0.2, 0) is 6.54 Å². The summed E-state index contributed by atoms with van der Waals surface area (Å²) in [5, 5.41) is 3.44. The number of nitrogens with zero attached hydrogens (tertiary/aromatic N) is 5. The highest BCUT2D eigenvalue weighted by molar-refractivity contribution is 5.32. The Labute approximate surface area is 127 Å². The third-order valence-corrected chi connectivity index (χ3v) is 3.84. The average Bonchev–Trinajstić information content (AvgIpc) is 2.46. The summed E-state index contributed by atoms with van der Waals surface area (Å²) in [5.41, 5.74) is 5.76. The van der Waals surface area contributed by atoms with E-state index in [0.717, 1.165) is 44.5 Å². The molecular weight excluding hydrogens is 266 g/mol. The van der Waals surface area contributed by atoms with E-state index in [1.165, 1.54) is 12.8 Å². The molecular formula is C14H27N7. The SMILES string of the molecule is CCNCC1CCN(Cc2nc(N)nc(N(C)C)n2)CC1. The Hall–Kier alpha value is -1.47. The second-order valence-corrected chi connectivity index (χ2v) is 5.83. The van der Waals surface area contributed by atoms with Gasteiger partial charge in [-0.2, -0.15) is 15.0 Å². The van der Waals surface area contributed by atoms with Gasteiger partial charge in [-0.15, -0.1) is 0 Å². The number of hydrogen-bond acceptors (Lipinski definition) is 7. The van der Waals surface area contributed by atoms with Gasteiger partial charge >= 0.3 is 0 Å². The van der Waals surface area contributed by atoms with E-state index in [2.05, 4.69) is 32.1 Å². The van der Waals surface area contributed by atoms with E-state index in [1.54, 1.807) is 0 Å². The molecule has 21 heavy (non-hydrogen) atoms. The minimum absolute atomic E-state index is 0.297. The predicted octanol–water partition coefficient (Wildman–Crippen LogP) is 0.341. The van der Waals surface area contributed by atoms with Crippen molar-refractivity contribution in [3.05, 3.63) is 5.82 Å². The monoisotopic (exact) mass is 293 g/mol. The van der Waals surface area contributed by atoms with Gasteiger partial charge in [-0.05, 0) is 44.9 Å². The first-order chi connectivity index (χ1) is 10.1. The van der Waals surface area contributed by atoms with Crippen molar-refractivity contribution in [2.45, 2.75) is 26.3 Å². The number of nitrogens with one attached hydrogen (secondary N) is 1. The number of likely N-dealkylation sites (tertiary alicyclic amines) is 1. The van der Waals surface area contributed by atoms with Crippen molar-refractivity contribution in [1.82, 2.24) is 25.2 Å². The van der Waals surface area contributed by atoms with Crippen LogP contribution in [0.4, 0.5) is 11.9 Å². The standard InChI is InChI=1S/C14H27N7/c1-4-16-9-11-5-7-21(8-6-11)10-12-17-13(15)19-14(18-12)20(2)3/h11,16H,4-10H2,1-3H3,(H2,15,17,18,19). The Morgan fingerprint density at radius 3 is 2.57 bits per heavy atom. The maximum absolute atomic E-state index is 5.76. The predicted molar refractivity (Wildman–Crippen MR) is 85.1 cm³/mol. The average molecular weight is 293 g/mol. The van der Waals surface area contributed by atoms with Crippen LogP contribution in [0.25, 0.3) is 0 Å². The third-order valence-electron chi connectivity index (χ3n) is 3.84. The lowest BCUT2D eigenvalue weighted by atomic mass is 9.97. The van der Waals surface area contributed by atoms with Gasteiger partial charge in [-0.3, -0.25) is 4.90 Å². The Kier molecular flexibility index (Phi) is 5.69. The molecule has 1 aromatic heterocycles. The zero-order valence-electron chi connectivity index (χ0n) is 13.3. The summed E-state index contributed by atoms with van der Waals surface area (Å²) < 4.78 is 0. The number of aromatic nitrogens is 3. The molecule has 0 saturated carbocycles. The second-order valence-electron chi connectivity index (χ2n) is 5.83. The molecule has 0 spiro atoms. The number of nitrogens with two attached hydrogens (primary N) is 1. The molecule has 0 atom stereocenters. The Balaban J connectivity index is 1.88. The molecule has 0 aromatic carbocycles. The smallest absolute Gasteiger partial charge is 0.229 e. The van der Waals surface area contributed by atoms with Crippen molar-refractivity contribution in [1.29, 1.82) is 0 Å².